The van der Waals surface area contributed by atoms with Crippen LogP contribution in [0.3, 0.4) is 0 Å². The van der Waals surface area contributed by atoms with E-state index in [0.717, 1.165) is 0 Å². The Hall–Kier alpha value is -0.136. The molecule has 0 aromatic carbocycles. The van der Waals surface area contributed by atoms with Crippen LogP contribution in [0.5, 0.6) is 0 Å². The van der Waals surface area contributed by atoms with Gasteiger partial charge in [-0.3, -0.25) is 4.79 Å². The Morgan fingerprint density at radius 1 is 0.850 bits per heavy atom. The fraction of sp³-hybridized carbons (Fsp3) is 0.933. The average Bonchev–Trinajstić information content (AvgIpc) is 2.12. The first kappa shape index (κ1) is 19.9. The molecular weight excluding hydrogens is 284 g/mol. The van der Waals surface area contributed by atoms with Crippen molar-refractivity contribution in [3.05, 3.63) is 0 Å². The predicted molar refractivity (Wildman–Crippen MR) is 91.0 cm³/mol. The van der Waals surface area contributed by atoms with Gasteiger partial charge >= 0.3 is 5.97 Å². The quantitative estimate of drug-likeness (QED) is 0.688. The summed E-state index contributed by atoms with van der Waals surface area (Å²) in [5.74, 6) is -0.207. The summed E-state index contributed by atoms with van der Waals surface area (Å²) in [5, 5.41) is 0.123. The van der Waals surface area contributed by atoms with Crippen LogP contribution >= 0.6 is 0 Å². The summed E-state index contributed by atoms with van der Waals surface area (Å²) in [5.41, 5.74) is 0. The van der Waals surface area contributed by atoms with Crippen molar-refractivity contribution in [2.24, 2.45) is 0 Å². The van der Waals surface area contributed by atoms with E-state index >= 15 is 0 Å². The zero-order valence-electron chi connectivity index (χ0n) is 15.3. The highest BCUT2D eigenvalue weighted by atomic mass is 28.4. The van der Waals surface area contributed by atoms with Gasteiger partial charge in [0.1, 0.15) is 6.10 Å². The second-order valence-electron chi connectivity index (χ2n) is 8.70. The summed E-state index contributed by atoms with van der Waals surface area (Å²) >= 11 is 0. The molecule has 120 valence electrons. The van der Waals surface area contributed by atoms with E-state index in [9.17, 15) is 4.79 Å². The van der Waals surface area contributed by atoms with Crippen LogP contribution < -0.4 is 0 Å². The first-order valence-electron chi connectivity index (χ1n) is 7.42. The van der Waals surface area contributed by atoms with Crippen molar-refractivity contribution in [1.82, 2.24) is 0 Å². The maximum atomic E-state index is 12.3. The predicted octanol–water partition coefficient (Wildman–Crippen LogP) is 4.95. The van der Waals surface area contributed by atoms with Gasteiger partial charge in [-0.25, -0.2) is 0 Å². The molecule has 0 aromatic heterocycles. The van der Waals surface area contributed by atoms with Crippen LogP contribution in [0.2, 0.25) is 36.3 Å². The van der Waals surface area contributed by atoms with E-state index in [0.29, 0.717) is 0 Å². The summed E-state index contributed by atoms with van der Waals surface area (Å²) in [6.07, 6.45) is -0.481. The standard InChI is InChI=1S/C15H34O3Si2/c1-12(17-19(8,9)14(2,3)4)13(16)18-20(10,11)15(5,6)7/h12H,1-11H3/t12-/m0/s1. The van der Waals surface area contributed by atoms with E-state index in [1.165, 1.54) is 0 Å². The highest BCUT2D eigenvalue weighted by Gasteiger charge is 2.43. The van der Waals surface area contributed by atoms with Gasteiger partial charge in [-0.2, -0.15) is 0 Å². The minimum Gasteiger partial charge on any atom is -0.517 e. The monoisotopic (exact) mass is 318 g/mol. The highest BCUT2D eigenvalue weighted by Crippen LogP contribution is 2.39. The van der Waals surface area contributed by atoms with Crippen molar-refractivity contribution < 1.29 is 13.6 Å². The third-order valence-electron chi connectivity index (χ3n) is 4.77. The molecule has 0 aliphatic heterocycles. The second kappa shape index (κ2) is 5.93. The zero-order chi connectivity index (χ0) is 16.6. The van der Waals surface area contributed by atoms with Crippen molar-refractivity contribution in [3.63, 3.8) is 0 Å². The smallest absolute Gasteiger partial charge is 0.320 e. The van der Waals surface area contributed by atoms with E-state index in [4.69, 9.17) is 8.85 Å². The van der Waals surface area contributed by atoms with Crippen LogP contribution in [0.25, 0.3) is 0 Å². The lowest BCUT2D eigenvalue weighted by molar-refractivity contribution is -0.143. The summed E-state index contributed by atoms with van der Waals surface area (Å²) in [4.78, 5) is 12.3. The minimum absolute atomic E-state index is 0.0271. The lowest BCUT2D eigenvalue weighted by atomic mass is 10.2. The Morgan fingerprint density at radius 2 is 1.20 bits per heavy atom. The normalized spacial score (nSPS) is 15.9. The van der Waals surface area contributed by atoms with Crippen LogP contribution in [-0.4, -0.2) is 28.7 Å². The van der Waals surface area contributed by atoms with Crippen molar-refractivity contribution >= 4 is 22.6 Å². The molecule has 0 N–H and O–H groups in total. The Bertz CT molecular complexity index is 349. The molecule has 3 nitrogen and oxygen atoms in total. The van der Waals surface area contributed by atoms with E-state index < -0.39 is 22.7 Å². The molecule has 0 heterocycles. The molecule has 0 bridgehead atoms. The molecule has 0 radical (unpaired) electrons. The SMILES string of the molecule is C[C@H](O[Si](C)(C)C(C)(C)C)C(=O)O[Si](C)(C)C(C)(C)C. The van der Waals surface area contributed by atoms with Crippen molar-refractivity contribution in [2.45, 2.75) is 90.8 Å². The van der Waals surface area contributed by atoms with Gasteiger partial charge in [-0.05, 0) is 43.2 Å². The molecular formula is C15H34O3Si2. The fourth-order valence-corrected chi connectivity index (χ4v) is 3.46. The molecule has 0 rings (SSSR count). The number of carbonyl (C=O) groups is 1. The maximum Gasteiger partial charge on any atom is 0.320 e. The number of hydrogen-bond donors (Lipinski definition) is 0. The third-order valence-corrected chi connectivity index (χ3v) is 13.7. The lowest BCUT2D eigenvalue weighted by Crippen LogP contribution is -2.49. The van der Waals surface area contributed by atoms with Gasteiger partial charge in [0.2, 0.25) is 0 Å². The first-order valence-corrected chi connectivity index (χ1v) is 13.2. The molecule has 1 atom stereocenters. The van der Waals surface area contributed by atoms with Crippen LogP contribution in [0.1, 0.15) is 48.5 Å². The number of hydrogen-bond acceptors (Lipinski definition) is 3. The Labute approximate surface area is 127 Å². The van der Waals surface area contributed by atoms with Crippen molar-refractivity contribution in [3.8, 4) is 0 Å². The molecule has 0 amide bonds. The first-order chi connectivity index (χ1) is 8.51. The zero-order valence-corrected chi connectivity index (χ0v) is 17.3. The molecule has 0 fully saturated rings. The molecule has 0 aliphatic rings. The van der Waals surface area contributed by atoms with E-state index in [1.807, 2.05) is 6.92 Å². The summed E-state index contributed by atoms with van der Waals surface area (Å²) in [6.45, 7) is 23.2. The Kier molecular flexibility index (Phi) is 5.89. The van der Waals surface area contributed by atoms with Crippen LogP contribution in [0, 0.1) is 0 Å². The molecule has 0 aliphatic carbocycles. The average molecular weight is 319 g/mol. The fourth-order valence-electron chi connectivity index (χ4n) is 1.15. The number of rotatable bonds is 4. The molecule has 20 heavy (non-hydrogen) atoms. The van der Waals surface area contributed by atoms with E-state index in [-0.39, 0.29) is 16.0 Å². The molecule has 0 saturated heterocycles. The third kappa shape index (κ3) is 5.00. The lowest BCUT2D eigenvalue weighted by Gasteiger charge is -2.40. The summed E-state index contributed by atoms with van der Waals surface area (Å²) in [7, 11) is -4.00. The van der Waals surface area contributed by atoms with Crippen LogP contribution in [0.4, 0.5) is 0 Å². The highest BCUT2D eigenvalue weighted by molar-refractivity contribution is 6.76. The van der Waals surface area contributed by atoms with Gasteiger partial charge in [0.25, 0.3) is 8.32 Å². The van der Waals surface area contributed by atoms with Crippen LogP contribution in [0.15, 0.2) is 0 Å². The molecule has 0 aromatic rings. The molecule has 0 spiro atoms. The van der Waals surface area contributed by atoms with Gasteiger partial charge in [0, 0.05) is 0 Å². The van der Waals surface area contributed by atoms with E-state index in [2.05, 4.69) is 67.7 Å². The molecule has 0 unspecified atom stereocenters. The maximum absolute atomic E-state index is 12.3. The number of carbonyl (C=O) groups excluding carboxylic acids is 1. The Balaban J connectivity index is 4.83. The van der Waals surface area contributed by atoms with E-state index in [1.54, 1.807) is 0 Å². The summed E-state index contributed by atoms with van der Waals surface area (Å²) < 4.78 is 11.9. The van der Waals surface area contributed by atoms with Gasteiger partial charge in [-0.1, -0.05) is 41.5 Å². The van der Waals surface area contributed by atoms with Gasteiger partial charge in [-0.15, -0.1) is 0 Å². The molecule has 0 saturated carbocycles. The van der Waals surface area contributed by atoms with Gasteiger partial charge in [0.15, 0.2) is 8.32 Å². The largest absolute Gasteiger partial charge is 0.517 e. The van der Waals surface area contributed by atoms with Crippen molar-refractivity contribution in [1.29, 1.82) is 0 Å². The summed E-state index contributed by atoms with van der Waals surface area (Å²) in [6, 6.07) is 0. The van der Waals surface area contributed by atoms with Gasteiger partial charge in [0.05, 0.1) is 0 Å². The second-order valence-corrected chi connectivity index (χ2v) is 18.2. The van der Waals surface area contributed by atoms with Crippen LogP contribution in [-0.2, 0) is 13.6 Å². The minimum atomic E-state index is -2.07. The Morgan fingerprint density at radius 3 is 1.50 bits per heavy atom. The van der Waals surface area contributed by atoms with Gasteiger partial charge < -0.3 is 8.85 Å². The topological polar surface area (TPSA) is 35.5 Å². The molecule has 5 heteroatoms. The van der Waals surface area contributed by atoms with Crippen molar-refractivity contribution in [2.75, 3.05) is 0 Å².